The van der Waals surface area contributed by atoms with Gasteiger partial charge in [-0.2, -0.15) is 0 Å². The molecule has 0 unspecified atom stereocenters. The lowest BCUT2D eigenvalue weighted by molar-refractivity contribution is -0.0379. The van der Waals surface area contributed by atoms with Crippen molar-refractivity contribution in [3.63, 3.8) is 0 Å². The molecule has 1 fully saturated rings. The highest BCUT2D eigenvalue weighted by Crippen LogP contribution is 2.43. The van der Waals surface area contributed by atoms with Crippen molar-refractivity contribution in [3.05, 3.63) is 11.5 Å². The fourth-order valence-corrected chi connectivity index (χ4v) is 2.70. The van der Waals surface area contributed by atoms with Gasteiger partial charge in [-0.05, 0) is 45.5 Å². The standard InChI is InChI=1S/C13H22BNO4/c1-12(2,3)19-11(16)15-8-13(9-15)6-4-10(5-7-13)14(17)18/h4,17-18H,5-9H2,1-3H3. The van der Waals surface area contributed by atoms with E-state index in [0.29, 0.717) is 25.0 Å². The zero-order valence-electron chi connectivity index (χ0n) is 11.8. The lowest BCUT2D eigenvalue weighted by Crippen LogP contribution is -2.59. The largest absolute Gasteiger partial charge is 0.483 e. The molecule has 0 aromatic heterocycles. The molecule has 1 amide bonds. The molecule has 1 aliphatic heterocycles. The molecule has 106 valence electrons. The van der Waals surface area contributed by atoms with Gasteiger partial charge < -0.3 is 19.7 Å². The summed E-state index contributed by atoms with van der Waals surface area (Å²) in [6.45, 7) is 6.98. The van der Waals surface area contributed by atoms with Crippen LogP contribution < -0.4 is 0 Å². The van der Waals surface area contributed by atoms with Crippen LogP contribution in [0.25, 0.3) is 0 Å². The first-order chi connectivity index (χ1) is 8.71. The molecule has 1 spiro atoms. The van der Waals surface area contributed by atoms with Crippen molar-refractivity contribution in [2.24, 2.45) is 5.41 Å². The molecular formula is C13H22BNO4. The van der Waals surface area contributed by atoms with Crippen molar-refractivity contribution in [1.82, 2.24) is 4.90 Å². The lowest BCUT2D eigenvalue weighted by atomic mass is 9.63. The highest BCUT2D eigenvalue weighted by Gasteiger charge is 2.47. The average molecular weight is 267 g/mol. The predicted octanol–water partition coefficient (Wildman–Crippen LogP) is 1.35. The van der Waals surface area contributed by atoms with E-state index in [0.717, 1.165) is 12.8 Å². The van der Waals surface area contributed by atoms with Gasteiger partial charge in [0.15, 0.2) is 0 Å². The van der Waals surface area contributed by atoms with E-state index in [4.69, 9.17) is 14.8 Å². The zero-order chi connectivity index (χ0) is 14.3. The number of likely N-dealkylation sites (tertiary alicyclic amines) is 1. The minimum absolute atomic E-state index is 0.120. The van der Waals surface area contributed by atoms with Crippen molar-refractivity contribution >= 4 is 13.2 Å². The van der Waals surface area contributed by atoms with Crippen LogP contribution in [0.2, 0.25) is 0 Å². The van der Waals surface area contributed by atoms with Crippen molar-refractivity contribution in [2.75, 3.05) is 13.1 Å². The van der Waals surface area contributed by atoms with Gasteiger partial charge in [0.1, 0.15) is 5.60 Å². The quantitative estimate of drug-likeness (QED) is 0.703. The van der Waals surface area contributed by atoms with Crippen LogP contribution in [0.15, 0.2) is 11.5 Å². The Labute approximate surface area is 114 Å². The van der Waals surface area contributed by atoms with Gasteiger partial charge in [0.05, 0.1) is 0 Å². The summed E-state index contributed by atoms with van der Waals surface area (Å²) in [6.07, 6.45) is 4.05. The second-order valence-electron chi connectivity index (χ2n) is 6.69. The van der Waals surface area contributed by atoms with E-state index >= 15 is 0 Å². The molecule has 1 aliphatic carbocycles. The molecule has 0 aromatic rings. The van der Waals surface area contributed by atoms with Crippen molar-refractivity contribution in [2.45, 2.75) is 45.6 Å². The molecule has 2 aliphatic rings. The Morgan fingerprint density at radius 1 is 1.42 bits per heavy atom. The van der Waals surface area contributed by atoms with Gasteiger partial charge in [-0.15, -0.1) is 0 Å². The Hall–Kier alpha value is -1.01. The van der Waals surface area contributed by atoms with Crippen LogP contribution in [0.5, 0.6) is 0 Å². The first-order valence-corrected chi connectivity index (χ1v) is 6.74. The van der Waals surface area contributed by atoms with Crippen molar-refractivity contribution < 1.29 is 19.6 Å². The number of amides is 1. The molecule has 0 aromatic carbocycles. The maximum atomic E-state index is 11.8. The average Bonchev–Trinajstić information content (AvgIpc) is 2.23. The van der Waals surface area contributed by atoms with E-state index in [2.05, 4.69) is 0 Å². The Morgan fingerprint density at radius 2 is 2.05 bits per heavy atom. The van der Waals surface area contributed by atoms with Crippen LogP contribution >= 0.6 is 0 Å². The first kappa shape index (κ1) is 14.4. The highest BCUT2D eigenvalue weighted by atomic mass is 16.6. The van der Waals surface area contributed by atoms with E-state index in [9.17, 15) is 4.79 Å². The van der Waals surface area contributed by atoms with Gasteiger partial charge in [0, 0.05) is 18.5 Å². The summed E-state index contributed by atoms with van der Waals surface area (Å²) in [6, 6.07) is 0. The molecule has 1 heterocycles. The number of carbonyl (C=O) groups is 1. The molecule has 2 rings (SSSR count). The smallest absolute Gasteiger partial charge is 0.444 e. The highest BCUT2D eigenvalue weighted by molar-refractivity contribution is 6.50. The lowest BCUT2D eigenvalue weighted by Gasteiger charge is -2.51. The third-order valence-corrected chi connectivity index (χ3v) is 3.78. The van der Waals surface area contributed by atoms with Gasteiger partial charge >= 0.3 is 13.2 Å². The monoisotopic (exact) mass is 267 g/mol. The molecule has 6 heteroatoms. The number of carbonyl (C=O) groups excluding carboxylic acids is 1. The van der Waals surface area contributed by atoms with E-state index < -0.39 is 12.7 Å². The van der Waals surface area contributed by atoms with Crippen LogP contribution in [0, 0.1) is 5.41 Å². The molecular weight excluding hydrogens is 245 g/mol. The third-order valence-electron chi connectivity index (χ3n) is 3.78. The normalized spacial score (nSPS) is 21.7. The van der Waals surface area contributed by atoms with E-state index in [1.807, 2.05) is 26.8 Å². The Bertz CT molecular complexity index is 394. The van der Waals surface area contributed by atoms with Gasteiger partial charge in [0.25, 0.3) is 0 Å². The number of hydrogen-bond acceptors (Lipinski definition) is 4. The molecule has 19 heavy (non-hydrogen) atoms. The maximum absolute atomic E-state index is 11.8. The summed E-state index contributed by atoms with van der Waals surface area (Å²) in [5.74, 6) is 0. The van der Waals surface area contributed by atoms with Crippen LogP contribution in [0.1, 0.15) is 40.0 Å². The topological polar surface area (TPSA) is 70.0 Å². The van der Waals surface area contributed by atoms with Crippen molar-refractivity contribution in [3.8, 4) is 0 Å². The molecule has 5 nitrogen and oxygen atoms in total. The number of nitrogens with zero attached hydrogens (tertiary/aromatic N) is 1. The number of ether oxygens (including phenoxy) is 1. The Balaban J connectivity index is 1.85. The SMILES string of the molecule is CC(C)(C)OC(=O)N1CC2(CC=C(B(O)O)CC2)C1. The van der Waals surface area contributed by atoms with Gasteiger partial charge in [-0.1, -0.05) is 6.08 Å². The minimum Gasteiger partial charge on any atom is -0.444 e. The molecule has 0 atom stereocenters. The first-order valence-electron chi connectivity index (χ1n) is 6.74. The van der Waals surface area contributed by atoms with Crippen LogP contribution in [-0.4, -0.2) is 46.9 Å². The summed E-state index contributed by atoms with van der Waals surface area (Å²) in [7, 11) is -1.33. The van der Waals surface area contributed by atoms with Gasteiger partial charge in [-0.3, -0.25) is 0 Å². The van der Waals surface area contributed by atoms with E-state index in [1.54, 1.807) is 4.90 Å². The fraction of sp³-hybridized carbons (Fsp3) is 0.769. The number of rotatable bonds is 1. The zero-order valence-corrected chi connectivity index (χ0v) is 11.8. The van der Waals surface area contributed by atoms with Gasteiger partial charge in [-0.25, -0.2) is 4.79 Å². The predicted molar refractivity (Wildman–Crippen MR) is 72.4 cm³/mol. The summed E-state index contributed by atoms with van der Waals surface area (Å²) >= 11 is 0. The summed E-state index contributed by atoms with van der Waals surface area (Å²) in [4.78, 5) is 13.6. The van der Waals surface area contributed by atoms with Crippen molar-refractivity contribution in [1.29, 1.82) is 0 Å². The summed E-state index contributed by atoms with van der Waals surface area (Å²) in [5.41, 5.74) is 0.358. The Kier molecular flexibility index (Phi) is 3.66. The fourth-order valence-electron chi connectivity index (χ4n) is 2.70. The minimum atomic E-state index is -1.33. The van der Waals surface area contributed by atoms with Crippen LogP contribution in [-0.2, 0) is 4.74 Å². The Morgan fingerprint density at radius 3 is 2.47 bits per heavy atom. The third kappa shape index (κ3) is 3.31. The molecule has 0 saturated carbocycles. The maximum Gasteiger partial charge on any atom is 0.483 e. The van der Waals surface area contributed by atoms with Gasteiger partial charge in [0.2, 0.25) is 0 Å². The second-order valence-corrected chi connectivity index (χ2v) is 6.69. The second kappa shape index (κ2) is 4.83. The van der Waals surface area contributed by atoms with Crippen LogP contribution in [0.3, 0.4) is 0 Å². The van der Waals surface area contributed by atoms with E-state index in [1.165, 1.54) is 0 Å². The van der Waals surface area contributed by atoms with E-state index in [-0.39, 0.29) is 11.5 Å². The van der Waals surface area contributed by atoms with Crippen LogP contribution in [0.4, 0.5) is 4.79 Å². The molecule has 2 N–H and O–H groups in total. The molecule has 1 saturated heterocycles. The summed E-state index contributed by atoms with van der Waals surface area (Å²) < 4.78 is 5.33. The molecule has 0 bridgehead atoms. The number of hydrogen-bond donors (Lipinski definition) is 2. The number of allylic oxidation sites excluding steroid dienone is 2. The molecule has 0 radical (unpaired) electrons. The summed E-state index contributed by atoms with van der Waals surface area (Å²) in [5, 5.41) is 18.2.